The molecule has 1 saturated heterocycles. The third kappa shape index (κ3) is 3.37. The summed E-state index contributed by atoms with van der Waals surface area (Å²) < 4.78 is 5.13. The molecule has 18 heavy (non-hydrogen) atoms. The molecule has 1 fully saturated rings. The maximum atomic E-state index is 12.2. The predicted molar refractivity (Wildman–Crippen MR) is 73.6 cm³/mol. The van der Waals surface area contributed by atoms with Gasteiger partial charge in [-0.3, -0.25) is 4.79 Å². The standard InChI is InChI=1S/C13H18N2O2.ClH/c1-14-6-8-15(9-7-14)13(16)11-4-3-5-12(10-11)17-2;/h3-5,10H,6-9H2,1-2H3;1H. The zero-order chi connectivity index (χ0) is 12.3. The molecule has 1 amide bonds. The Morgan fingerprint density at radius 2 is 1.89 bits per heavy atom. The Hall–Kier alpha value is -1.26. The lowest BCUT2D eigenvalue weighted by atomic mass is 10.1. The van der Waals surface area contributed by atoms with Gasteiger partial charge in [0.2, 0.25) is 0 Å². The first-order valence-corrected chi connectivity index (χ1v) is 5.82. The number of ether oxygens (including phenoxy) is 1. The van der Waals surface area contributed by atoms with E-state index in [1.54, 1.807) is 13.2 Å². The fourth-order valence-electron chi connectivity index (χ4n) is 1.95. The molecule has 0 atom stereocenters. The van der Waals surface area contributed by atoms with Gasteiger partial charge < -0.3 is 14.5 Å². The van der Waals surface area contributed by atoms with Crippen LogP contribution in [-0.2, 0) is 0 Å². The molecular weight excluding hydrogens is 252 g/mol. The molecule has 100 valence electrons. The number of piperazine rings is 1. The van der Waals surface area contributed by atoms with Crippen molar-refractivity contribution in [3.8, 4) is 5.75 Å². The van der Waals surface area contributed by atoms with Crippen molar-refractivity contribution in [3.63, 3.8) is 0 Å². The number of benzene rings is 1. The van der Waals surface area contributed by atoms with Gasteiger partial charge in [0.05, 0.1) is 7.11 Å². The van der Waals surface area contributed by atoms with E-state index in [1.165, 1.54) is 0 Å². The summed E-state index contributed by atoms with van der Waals surface area (Å²) in [5, 5.41) is 0. The Kier molecular flexibility index (Phi) is 5.44. The summed E-state index contributed by atoms with van der Waals surface area (Å²) in [6, 6.07) is 7.33. The second-order valence-corrected chi connectivity index (χ2v) is 4.33. The quantitative estimate of drug-likeness (QED) is 0.817. The number of halogens is 1. The summed E-state index contributed by atoms with van der Waals surface area (Å²) in [4.78, 5) is 16.4. The molecule has 0 radical (unpaired) electrons. The first-order chi connectivity index (χ1) is 8.20. The van der Waals surface area contributed by atoms with E-state index in [0.29, 0.717) is 5.56 Å². The SMILES string of the molecule is COc1cccc(C(=O)N2CCN(C)CC2)c1.Cl. The highest BCUT2D eigenvalue weighted by Crippen LogP contribution is 2.15. The zero-order valence-corrected chi connectivity index (χ0v) is 11.6. The van der Waals surface area contributed by atoms with E-state index in [9.17, 15) is 4.79 Å². The monoisotopic (exact) mass is 270 g/mol. The zero-order valence-electron chi connectivity index (χ0n) is 10.8. The minimum absolute atomic E-state index is 0. The molecule has 0 spiro atoms. The fourth-order valence-corrected chi connectivity index (χ4v) is 1.95. The van der Waals surface area contributed by atoms with E-state index in [0.717, 1.165) is 31.9 Å². The molecule has 4 nitrogen and oxygen atoms in total. The Labute approximate surface area is 114 Å². The van der Waals surface area contributed by atoms with Gasteiger partial charge in [-0.25, -0.2) is 0 Å². The number of carbonyl (C=O) groups is 1. The summed E-state index contributed by atoms with van der Waals surface area (Å²) in [7, 11) is 3.69. The van der Waals surface area contributed by atoms with Crippen LogP contribution in [0.25, 0.3) is 0 Å². The Bertz CT molecular complexity index is 404. The molecule has 2 rings (SSSR count). The van der Waals surface area contributed by atoms with Crippen LogP contribution in [-0.4, -0.2) is 56.0 Å². The molecule has 0 aliphatic carbocycles. The number of amides is 1. The van der Waals surface area contributed by atoms with Crippen LogP contribution >= 0.6 is 12.4 Å². The first-order valence-electron chi connectivity index (χ1n) is 5.82. The van der Waals surface area contributed by atoms with Gasteiger partial charge in [0.25, 0.3) is 5.91 Å². The molecule has 1 aliphatic rings. The van der Waals surface area contributed by atoms with Crippen molar-refractivity contribution in [2.75, 3.05) is 40.3 Å². The maximum absolute atomic E-state index is 12.2. The average molecular weight is 271 g/mol. The third-order valence-corrected chi connectivity index (χ3v) is 3.11. The van der Waals surface area contributed by atoms with Gasteiger partial charge in [0.15, 0.2) is 0 Å². The first kappa shape index (κ1) is 14.8. The summed E-state index contributed by atoms with van der Waals surface area (Å²) >= 11 is 0. The average Bonchev–Trinajstić information content (AvgIpc) is 2.39. The van der Waals surface area contributed by atoms with Gasteiger partial charge in [0, 0.05) is 31.7 Å². The van der Waals surface area contributed by atoms with E-state index in [-0.39, 0.29) is 18.3 Å². The van der Waals surface area contributed by atoms with Crippen LogP contribution in [0.4, 0.5) is 0 Å². The van der Waals surface area contributed by atoms with Crippen LogP contribution < -0.4 is 4.74 Å². The number of hydrogen-bond acceptors (Lipinski definition) is 3. The predicted octanol–water partition coefficient (Wildman–Crippen LogP) is 1.50. The van der Waals surface area contributed by atoms with Crippen molar-refractivity contribution in [3.05, 3.63) is 29.8 Å². The molecule has 1 aromatic rings. The van der Waals surface area contributed by atoms with Crippen LogP contribution in [0.5, 0.6) is 5.75 Å². The summed E-state index contributed by atoms with van der Waals surface area (Å²) in [6.45, 7) is 3.48. The highest BCUT2D eigenvalue weighted by atomic mass is 35.5. The van der Waals surface area contributed by atoms with E-state index >= 15 is 0 Å². The molecule has 1 aromatic carbocycles. The van der Waals surface area contributed by atoms with Gasteiger partial charge >= 0.3 is 0 Å². The fraction of sp³-hybridized carbons (Fsp3) is 0.462. The second kappa shape index (κ2) is 6.61. The van der Waals surface area contributed by atoms with E-state index in [1.807, 2.05) is 23.1 Å². The molecule has 1 aliphatic heterocycles. The highest BCUT2D eigenvalue weighted by molar-refractivity contribution is 5.94. The third-order valence-electron chi connectivity index (χ3n) is 3.11. The van der Waals surface area contributed by atoms with E-state index in [4.69, 9.17) is 4.74 Å². The number of hydrogen-bond donors (Lipinski definition) is 0. The van der Waals surface area contributed by atoms with Crippen LogP contribution in [0, 0.1) is 0 Å². The van der Waals surface area contributed by atoms with Crippen LogP contribution in [0.15, 0.2) is 24.3 Å². The van der Waals surface area contributed by atoms with Crippen LogP contribution in [0.1, 0.15) is 10.4 Å². The lowest BCUT2D eigenvalue weighted by molar-refractivity contribution is 0.0664. The molecule has 0 saturated carbocycles. The van der Waals surface area contributed by atoms with Gasteiger partial charge in [0.1, 0.15) is 5.75 Å². The molecule has 1 heterocycles. The lowest BCUT2D eigenvalue weighted by Gasteiger charge is -2.32. The minimum Gasteiger partial charge on any atom is -0.497 e. The normalized spacial score (nSPS) is 16.0. The Balaban J connectivity index is 0.00000162. The number of carbonyl (C=O) groups excluding carboxylic acids is 1. The van der Waals surface area contributed by atoms with Gasteiger partial charge in [-0.05, 0) is 25.2 Å². The van der Waals surface area contributed by atoms with Crippen molar-refractivity contribution in [2.45, 2.75) is 0 Å². The minimum atomic E-state index is 0. The van der Waals surface area contributed by atoms with Crippen molar-refractivity contribution in [1.82, 2.24) is 9.80 Å². The van der Waals surface area contributed by atoms with Crippen LogP contribution in [0.2, 0.25) is 0 Å². The molecule has 0 bridgehead atoms. The largest absolute Gasteiger partial charge is 0.497 e. The Morgan fingerprint density at radius 1 is 1.22 bits per heavy atom. The van der Waals surface area contributed by atoms with Crippen molar-refractivity contribution in [1.29, 1.82) is 0 Å². The maximum Gasteiger partial charge on any atom is 0.254 e. The van der Waals surface area contributed by atoms with Gasteiger partial charge in [-0.1, -0.05) is 6.07 Å². The van der Waals surface area contributed by atoms with Crippen molar-refractivity contribution in [2.24, 2.45) is 0 Å². The molecule has 0 aromatic heterocycles. The second-order valence-electron chi connectivity index (χ2n) is 4.33. The van der Waals surface area contributed by atoms with Crippen molar-refractivity contribution >= 4 is 18.3 Å². The smallest absolute Gasteiger partial charge is 0.254 e. The topological polar surface area (TPSA) is 32.8 Å². The Morgan fingerprint density at radius 3 is 2.50 bits per heavy atom. The van der Waals surface area contributed by atoms with Gasteiger partial charge in [-0.2, -0.15) is 0 Å². The molecule has 0 unspecified atom stereocenters. The van der Waals surface area contributed by atoms with E-state index < -0.39 is 0 Å². The summed E-state index contributed by atoms with van der Waals surface area (Å²) in [5.41, 5.74) is 0.703. The number of methoxy groups -OCH3 is 1. The number of likely N-dealkylation sites (N-methyl/N-ethyl adjacent to an activating group) is 1. The summed E-state index contributed by atoms with van der Waals surface area (Å²) in [6.07, 6.45) is 0. The summed E-state index contributed by atoms with van der Waals surface area (Å²) in [5.74, 6) is 0.821. The molecular formula is C13H19ClN2O2. The molecule has 0 N–H and O–H groups in total. The highest BCUT2D eigenvalue weighted by Gasteiger charge is 2.20. The van der Waals surface area contributed by atoms with Crippen molar-refractivity contribution < 1.29 is 9.53 Å². The van der Waals surface area contributed by atoms with Crippen LogP contribution in [0.3, 0.4) is 0 Å². The molecule has 5 heteroatoms. The number of nitrogens with zero attached hydrogens (tertiary/aromatic N) is 2. The lowest BCUT2D eigenvalue weighted by Crippen LogP contribution is -2.47. The number of rotatable bonds is 2. The van der Waals surface area contributed by atoms with E-state index in [2.05, 4.69) is 11.9 Å². The van der Waals surface area contributed by atoms with Gasteiger partial charge in [-0.15, -0.1) is 12.4 Å².